The monoisotopic (exact) mass is 226 g/mol. The van der Waals surface area contributed by atoms with Gasteiger partial charge in [-0.05, 0) is 11.8 Å². The Labute approximate surface area is 104 Å². The lowest BCUT2D eigenvalue weighted by Gasteiger charge is -2.14. The fourth-order valence-corrected chi connectivity index (χ4v) is 2.45. The zero-order valence-electron chi connectivity index (χ0n) is 12.2. The van der Waals surface area contributed by atoms with Gasteiger partial charge >= 0.3 is 0 Å². The zero-order chi connectivity index (χ0) is 12.2. The number of hydrogen-bond acceptors (Lipinski definition) is 0. The molecule has 0 nitrogen and oxygen atoms in total. The van der Waals surface area contributed by atoms with Crippen molar-refractivity contribution >= 4 is 0 Å². The molecule has 0 heterocycles. The van der Waals surface area contributed by atoms with E-state index in [2.05, 4.69) is 27.7 Å². The van der Waals surface area contributed by atoms with Gasteiger partial charge in [0.15, 0.2) is 0 Å². The molecule has 0 radical (unpaired) electrons. The first-order valence-electron chi connectivity index (χ1n) is 7.70. The van der Waals surface area contributed by atoms with Crippen LogP contribution in [0.4, 0.5) is 0 Å². The lowest BCUT2D eigenvalue weighted by atomic mass is 9.92. The van der Waals surface area contributed by atoms with Crippen LogP contribution in [0.2, 0.25) is 0 Å². The van der Waals surface area contributed by atoms with Gasteiger partial charge in [-0.1, -0.05) is 91.9 Å². The van der Waals surface area contributed by atoms with Crippen molar-refractivity contribution in [1.29, 1.82) is 0 Å². The molecule has 0 spiro atoms. The Morgan fingerprint density at radius 2 is 1.12 bits per heavy atom. The largest absolute Gasteiger partial charge is 0.0654 e. The van der Waals surface area contributed by atoms with E-state index in [1.165, 1.54) is 64.2 Å². The van der Waals surface area contributed by atoms with E-state index in [4.69, 9.17) is 0 Å². The standard InChI is InChI=1S/C16H34/c1-5-7-8-9-10-12-16(4)14-13-15(3)11-6-2/h15-16H,5-14H2,1-4H3. The van der Waals surface area contributed by atoms with E-state index in [1.54, 1.807) is 0 Å². The summed E-state index contributed by atoms with van der Waals surface area (Å²) in [6.45, 7) is 9.45. The van der Waals surface area contributed by atoms with Gasteiger partial charge in [-0.3, -0.25) is 0 Å². The van der Waals surface area contributed by atoms with Crippen molar-refractivity contribution in [3.63, 3.8) is 0 Å². The summed E-state index contributed by atoms with van der Waals surface area (Å²) in [7, 11) is 0. The van der Waals surface area contributed by atoms with Gasteiger partial charge < -0.3 is 0 Å². The molecular weight excluding hydrogens is 192 g/mol. The fourth-order valence-electron chi connectivity index (χ4n) is 2.45. The van der Waals surface area contributed by atoms with Crippen LogP contribution in [0.25, 0.3) is 0 Å². The van der Waals surface area contributed by atoms with E-state index in [9.17, 15) is 0 Å². The van der Waals surface area contributed by atoms with E-state index in [1.807, 2.05) is 0 Å². The second-order valence-electron chi connectivity index (χ2n) is 5.78. The maximum absolute atomic E-state index is 2.44. The van der Waals surface area contributed by atoms with Gasteiger partial charge in [0.2, 0.25) is 0 Å². The summed E-state index contributed by atoms with van der Waals surface area (Å²) < 4.78 is 0. The Kier molecular flexibility index (Phi) is 11.5. The molecule has 0 amide bonds. The van der Waals surface area contributed by atoms with Crippen LogP contribution >= 0.6 is 0 Å². The van der Waals surface area contributed by atoms with Gasteiger partial charge in [-0.15, -0.1) is 0 Å². The summed E-state index contributed by atoms with van der Waals surface area (Å²) >= 11 is 0. The van der Waals surface area contributed by atoms with Crippen LogP contribution in [0.15, 0.2) is 0 Å². The quantitative estimate of drug-likeness (QED) is 0.368. The highest BCUT2D eigenvalue weighted by Crippen LogP contribution is 2.20. The molecular formula is C16H34. The number of rotatable bonds is 11. The van der Waals surface area contributed by atoms with Gasteiger partial charge in [-0.25, -0.2) is 0 Å². The summed E-state index contributed by atoms with van der Waals surface area (Å²) in [6.07, 6.45) is 14.3. The maximum Gasteiger partial charge on any atom is -0.0443 e. The minimum atomic E-state index is 0.951. The smallest absolute Gasteiger partial charge is 0.0443 e. The molecule has 0 N–H and O–H groups in total. The highest BCUT2D eigenvalue weighted by Gasteiger charge is 2.05. The second-order valence-corrected chi connectivity index (χ2v) is 5.78. The van der Waals surface area contributed by atoms with Crippen molar-refractivity contribution in [2.75, 3.05) is 0 Å². The van der Waals surface area contributed by atoms with Crippen LogP contribution in [0.3, 0.4) is 0 Å². The molecule has 98 valence electrons. The molecule has 2 unspecified atom stereocenters. The number of hydrogen-bond donors (Lipinski definition) is 0. The molecule has 0 bridgehead atoms. The topological polar surface area (TPSA) is 0 Å². The van der Waals surface area contributed by atoms with E-state index in [-0.39, 0.29) is 0 Å². The normalized spacial score (nSPS) is 15.0. The summed E-state index contributed by atoms with van der Waals surface area (Å²) in [6, 6.07) is 0. The summed E-state index contributed by atoms with van der Waals surface area (Å²) in [5.41, 5.74) is 0. The molecule has 0 rings (SSSR count). The van der Waals surface area contributed by atoms with Gasteiger partial charge in [0.05, 0.1) is 0 Å². The van der Waals surface area contributed by atoms with E-state index < -0.39 is 0 Å². The van der Waals surface area contributed by atoms with Crippen LogP contribution in [-0.2, 0) is 0 Å². The van der Waals surface area contributed by atoms with E-state index in [0.717, 1.165) is 11.8 Å². The van der Waals surface area contributed by atoms with Crippen molar-refractivity contribution in [3.8, 4) is 0 Å². The van der Waals surface area contributed by atoms with Gasteiger partial charge in [0.1, 0.15) is 0 Å². The molecule has 0 aliphatic carbocycles. The van der Waals surface area contributed by atoms with E-state index in [0.29, 0.717) is 0 Å². The summed E-state index contributed by atoms with van der Waals surface area (Å²) in [5, 5.41) is 0. The van der Waals surface area contributed by atoms with Gasteiger partial charge in [0.25, 0.3) is 0 Å². The minimum Gasteiger partial charge on any atom is -0.0654 e. The predicted molar refractivity (Wildman–Crippen MR) is 75.8 cm³/mol. The molecule has 0 aliphatic rings. The van der Waals surface area contributed by atoms with Crippen molar-refractivity contribution in [3.05, 3.63) is 0 Å². The maximum atomic E-state index is 2.44. The molecule has 0 aromatic heterocycles. The van der Waals surface area contributed by atoms with Crippen LogP contribution in [0.5, 0.6) is 0 Å². The second kappa shape index (κ2) is 11.5. The highest BCUT2D eigenvalue weighted by molar-refractivity contribution is 4.58. The Balaban J connectivity index is 3.27. The molecule has 0 aliphatic heterocycles. The Bertz CT molecular complexity index is 128. The Morgan fingerprint density at radius 1 is 0.562 bits per heavy atom. The van der Waals surface area contributed by atoms with Crippen molar-refractivity contribution in [1.82, 2.24) is 0 Å². The fraction of sp³-hybridized carbons (Fsp3) is 1.00. The van der Waals surface area contributed by atoms with Crippen molar-refractivity contribution in [2.45, 2.75) is 91.9 Å². The van der Waals surface area contributed by atoms with Crippen LogP contribution < -0.4 is 0 Å². The predicted octanol–water partition coefficient (Wildman–Crippen LogP) is 6.20. The lowest BCUT2D eigenvalue weighted by molar-refractivity contribution is 0.385. The third-order valence-corrected chi connectivity index (χ3v) is 3.73. The molecule has 2 atom stereocenters. The van der Waals surface area contributed by atoms with Crippen molar-refractivity contribution < 1.29 is 0 Å². The first kappa shape index (κ1) is 16.0. The number of unbranched alkanes of at least 4 members (excludes halogenated alkanes) is 4. The molecule has 0 saturated heterocycles. The molecule has 0 saturated carbocycles. The average Bonchev–Trinajstić information content (AvgIpc) is 2.26. The summed E-state index contributed by atoms with van der Waals surface area (Å²) in [5.74, 6) is 1.91. The minimum absolute atomic E-state index is 0.951. The zero-order valence-corrected chi connectivity index (χ0v) is 12.2. The summed E-state index contributed by atoms with van der Waals surface area (Å²) in [4.78, 5) is 0. The third-order valence-electron chi connectivity index (χ3n) is 3.73. The lowest BCUT2D eigenvalue weighted by Crippen LogP contribution is -2.00. The first-order chi connectivity index (χ1) is 7.70. The van der Waals surface area contributed by atoms with Gasteiger partial charge in [0, 0.05) is 0 Å². The van der Waals surface area contributed by atoms with Gasteiger partial charge in [-0.2, -0.15) is 0 Å². The van der Waals surface area contributed by atoms with Crippen molar-refractivity contribution in [2.24, 2.45) is 11.8 Å². The van der Waals surface area contributed by atoms with E-state index >= 15 is 0 Å². The van der Waals surface area contributed by atoms with Crippen LogP contribution in [0.1, 0.15) is 91.9 Å². The van der Waals surface area contributed by atoms with Crippen LogP contribution in [0, 0.1) is 11.8 Å². The molecule has 16 heavy (non-hydrogen) atoms. The van der Waals surface area contributed by atoms with Crippen LogP contribution in [-0.4, -0.2) is 0 Å². The Morgan fingerprint density at radius 3 is 1.69 bits per heavy atom. The molecule has 0 fully saturated rings. The molecule has 0 aromatic rings. The highest BCUT2D eigenvalue weighted by atomic mass is 14.1. The molecule has 0 aromatic carbocycles. The molecule has 0 heteroatoms. The average molecular weight is 226 g/mol. The third kappa shape index (κ3) is 10.5. The first-order valence-corrected chi connectivity index (χ1v) is 7.70. The SMILES string of the molecule is CCCCCCCC(C)CCC(C)CCC. The Hall–Kier alpha value is 0.